The standard InChI is InChI=1S/C13H24O2/c1-2-3-4-5-11-6-8-12(9-7-11)10-13(14)15/h11-12H,2-10H2,1H3,(H,14,15)/t11-,12+. The molecule has 2 heteroatoms. The summed E-state index contributed by atoms with van der Waals surface area (Å²) < 4.78 is 0. The highest BCUT2D eigenvalue weighted by atomic mass is 16.4. The molecule has 15 heavy (non-hydrogen) atoms. The lowest BCUT2D eigenvalue weighted by Gasteiger charge is -2.27. The number of carbonyl (C=O) groups is 1. The third-order valence-corrected chi connectivity index (χ3v) is 3.65. The first-order valence-corrected chi connectivity index (χ1v) is 6.44. The van der Waals surface area contributed by atoms with Crippen LogP contribution >= 0.6 is 0 Å². The fraction of sp³-hybridized carbons (Fsp3) is 0.923. The Morgan fingerprint density at radius 2 is 1.73 bits per heavy atom. The Bertz CT molecular complexity index is 181. The Balaban J connectivity index is 2.10. The number of hydrogen-bond acceptors (Lipinski definition) is 1. The maximum atomic E-state index is 10.6. The molecule has 1 fully saturated rings. The molecule has 0 aromatic heterocycles. The van der Waals surface area contributed by atoms with Crippen molar-refractivity contribution in [3.63, 3.8) is 0 Å². The molecule has 0 aliphatic heterocycles. The smallest absolute Gasteiger partial charge is 0.303 e. The minimum atomic E-state index is -0.621. The highest BCUT2D eigenvalue weighted by molar-refractivity contribution is 5.67. The van der Waals surface area contributed by atoms with Gasteiger partial charge in [0.15, 0.2) is 0 Å². The zero-order valence-electron chi connectivity index (χ0n) is 9.87. The molecule has 1 saturated carbocycles. The van der Waals surface area contributed by atoms with Crippen molar-refractivity contribution in [2.75, 3.05) is 0 Å². The van der Waals surface area contributed by atoms with E-state index < -0.39 is 5.97 Å². The van der Waals surface area contributed by atoms with Gasteiger partial charge in [-0.05, 0) is 24.7 Å². The predicted molar refractivity (Wildman–Crippen MR) is 61.8 cm³/mol. The molecule has 0 atom stereocenters. The fourth-order valence-corrected chi connectivity index (χ4v) is 2.65. The first-order valence-electron chi connectivity index (χ1n) is 6.44. The summed E-state index contributed by atoms with van der Waals surface area (Å²) in [6.45, 7) is 2.24. The Hall–Kier alpha value is -0.530. The minimum absolute atomic E-state index is 0.391. The molecule has 1 aliphatic rings. The van der Waals surface area contributed by atoms with Gasteiger partial charge in [-0.1, -0.05) is 45.4 Å². The molecule has 0 heterocycles. The van der Waals surface area contributed by atoms with E-state index in [9.17, 15) is 4.79 Å². The van der Waals surface area contributed by atoms with Gasteiger partial charge in [0.2, 0.25) is 0 Å². The van der Waals surface area contributed by atoms with Crippen LogP contribution in [-0.2, 0) is 4.79 Å². The van der Waals surface area contributed by atoms with Crippen LogP contribution in [0.2, 0.25) is 0 Å². The normalized spacial score (nSPS) is 26.5. The Morgan fingerprint density at radius 3 is 2.27 bits per heavy atom. The molecule has 0 unspecified atom stereocenters. The van der Waals surface area contributed by atoms with Gasteiger partial charge in [0, 0.05) is 6.42 Å². The lowest BCUT2D eigenvalue weighted by molar-refractivity contribution is -0.138. The number of carboxylic acids is 1. The second-order valence-electron chi connectivity index (χ2n) is 4.98. The molecule has 0 aromatic rings. The number of hydrogen-bond donors (Lipinski definition) is 1. The van der Waals surface area contributed by atoms with E-state index >= 15 is 0 Å². The third kappa shape index (κ3) is 5.19. The molecule has 0 aromatic carbocycles. The molecule has 0 amide bonds. The summed E-state index contributed by atoms with van der Waals surface area (Å²) in [5, 5.41) is 8.70. The molecule has 0 saturated heterocycles. The quantitative estimate of drug-likeness (QED) is 0.679. The van der Waals surface area contributed by atoms with E-state index in [4.69, 9.17) is 5.11 Å². The number of unbranched alkanes of at least 4 members (excludes halogenated alkanes) is 2. The van der Waals surface area contributed by atoms with Crippen LogP contribution in [-0.4, -0.2) is 11.1 Å². The van der Waals surface area contributed by atoms with Gasteiger partial charge < -0.3 is 5.11 Å². The summed E-state index contributed by atoms with van der Waals surface area (Å²) in [7, 11) is 0. The van der Waals surface area contributed by atoms with Crippen LogP contribution in [0.5, 0.6) is 0 Å². The van der Waals surface area contributed by atoms with Crippen molar-refractivity contribution in [1.29, 1.82) is 0 Å². The average Bonchev–Trinajstić information content (AvgIpc) is 2.20. The molecule has 88 valence electrons. The van der Waals surface area contributed by atoms with Gasteiger partial charge in [-0.25, -0.2) is 0 Å². The van der Waals surface area contributed by atoms with E-state index in [0.29, 0.717) is 12.3 Å². The average molecular weight is 212 g/mol. The van der Waals surface area contributed by atoms with E-state index in [-0.39, 0.29) is 0 Å². The van der Waals surface area contributed by atoms with Crippen molar-refractivity contribution >= 4 is 5.97 Å². The Morgan fingerprint density at radius 1 is 1.13 bits per heavy atom. The molecule has 0 radical (unpaired) electrons. The summed E-state index contributed by atoms with van der Waals surface area (Å²) in [5.41, 5.74) is 0. The second-order valence-corrected chi connectivity index (χ2v) is 4.98. The van der Waals surface area contributed by atoms with Crippen LogP contribution in [0.25, 0.3) is 0 Å². The van der Waals surface area contributed by atoms with Crippen molar-refractivity contribution < 1.29 is 9.90 Å². The molecule has 1 aliphatic carbocycles. The van der Waals surface area contributed by atoms with Gasteiger partial charge in [-0.15, -0.1) is 0 Å². The van der Waals surface area contributed by atoms with Gasteiger partial charge in [0.25, 0.3) is 0 Å². The van der Waals surface area contributed by atoms with Crippen molar-refractivity contribution in [3.05, 3.63) is 0 Å². The van der Waals surface area contributed by atoms with Gasteiger partial charge in [0.05, 0.1) is 0 Å². The Kier molecular flexibility index (Phi) is 5.74. The maximum absolute atomic E-state index is 10.6. The van der Waals surface area contributed by atoms with Crippen molar-refractivity contribution in [3.8, 4) is 0 Å². The van der Waals surface area contributed by atoms with Crippen LogP contribution in [0.1, 0.15) is 64.7 Å². The van der Waals surface area contributed by atoms with Crippen LogP contribution in [0.3, 0.4) is 0 Å². The molecule has 2 nitrogen and oxygen atoms in total. The fourth-order valence-electron chi connectivity index (χ4n) is 2.65. The molecule has 0 spiro atoms. The SMILES string of the molecule is CCCCC[C@H]1CC[C@@H](CC(=O)O)CC1. The van der Waals surface area contributed by atoms with E-state index in [1.165, 1.54) is 38.5 Å². The second kappa shape index (κ2) is 6.86. The van der Waals surface area contributed by atoms with Gasteiger partial charge in [-0.3, -0.25) is 4.79 Å². The number of rotatable bonds is 6. The monoisotopic (exact) mass is 212 g/mol. The highest BCUT2D eigenvalue weighted by Gasteiger charge is 2.22. The van der Waals surface area contributed by atoms with E-state index in [1.807, 2.05) is 0 Å². The minimum Gasteiger partial charge on any atom is -0.481 e. The first-order chi connectivity index (χ1) is 7.22. The Labute approximate surface area is 93.1 Å². The number of carboxylic acid groups (broad SMARTS) is 1. The van der Waals surface area contributed by atoms with Crippen molar-refractivity contribution in [1.82, 2.24) is 0 Å². The molecule has 1 rings (SSSR count). The van der Waals surface area contributed by atoms with Gasteiger partial charge in [0.1, 0.15) is 0 Å². The lowest BCUT2D eigenvalue weighted by Crippen LogP contribution is -2.17. The summed E-state index contributed by atoms with van der Waals surface area (Å²) in [4.78, 5) is 10.6. The first kappa shape index (κ1) is 12.5. The maximum Gasteiger partial charge on any atom is 0.303 e. The summed E-state index contributed by atoms with van der Waals surface area (Å²) in [6, 6.07) is 0. The predicted octanol–water partition coefficient (Wildman–Crippen LogP) is 3.85. The van der Waals surface area contributed by atoms with Gasteiger partial charge in [-0.2, -0.15) is 0 Å². The molecule has 0 bridgehead atoms. The van der Waals surface area contributed by atoms with Crippen LogP contribution in [0.4, 0.5) is 0 Å². The van der Waals surface area contributed by atoms with E-state index in [1.54, 1.807) is 0 Å². The van der Waals surface area contributed by atoms with Crippen LogP contribution in [0, 0.1) is 11.8 Å². The summed E-state index contributed by atoms with van der Waals surface area (Å²) >= 11 is 0. The topological polar surface area (TPSA) is 37.3 Å². The van der Waals surface area contributed by atoms with Crippen molar-refractivity contribution in [2.45, 2.75) is 64.7 Å². The highest BCUT2D eigenvalue weighted by Crippen LogP contribution is 2.33. The van der Waals surface area contributed by atoms with E-state index in [2.05, 4.69) is 6.92 Å². The molecular formula is C13H24O2. The molecule has 1 N–H and O–H groups in total. The summed E-state index contributed by atoms with van der Waals surface area (Å²) in [6.07, 6.45) is 10.6. The van der Waals surface area contributed by atoms with Gasteiger partial charge >= 0.3 is 5.97 Å². The summed E-state index contributed by atoms with van der Waals surface area (Å²) in [5.74, 6) is 0.732. The van der Waals surface area contributed by atoms with E-state index in [0.717, 1.165) is 18.8 Å². The van der Waals surface area contributed by atoms with Crippen LogP contribution < -0.4 is 0 Å². The zero-order chi connectivity index (χ0) is 11.1. The number of aliphatic carboxylic acids is 1. The molecular weight excluding hydrogens is 188 g/mol. The third-order valence-electron chi connectivity index (χ3n) is 3.65. The lowest BCUT2D eigenvalue weighted by atomic mass is 9.78. The largest absolute Gasteiger partial charge is 0.481 e. The zero-order valence-corrected chi connectivity index (χ0v) is 9.87. The van der Waals surface area contributed by atoms with Crippen LogP contribution in [0.15, 0.2) is 0 Å². The van der Waals surface area contributed by atoms with Crippen molar-refractivity contribution in [2.24, 2.45) is 11.8 Å².